The molecule has 0 aliphatic carbocycles. The molecule has 3 heteroatoms. The Bertz CT molecular complexity index is 152. The van der Waals surface area contributed by atoms with Crippen LogP contribution in [-0.2, 0) is 9.59 Å². The fourth-order valence-corrected chi connectivity index (χ4v) is 0.571. The van der Waals surface area contributed by atoms with Gasteiger partial charge in [-0.2, -0.15) is 0 Å². The predicted octanol–water partition coefficient (Wildman–Crippen LogP) is 1.09. The number of nitrogens with one attached hydrogen (secondary N) is 1. The van der Waals surface area contributed by atoms with Crippen molar-refractivity contribution in [1.29, 1.82) is 0 Å². The van der Waals surface area contributed by atoms with Crippen molar-refractivity contribution >= 4 is 11.8 Å². The molecule has 0 aromatic rings. The first-order chi connectivity index (χ1) is 5.07. The van der Waals surface area contributed by atoms with Crippen LogP contribution in [0.15, 0.2) is 0 Å². The number of carbonyl (C=O) groups is 2. The van der Waals surface area contributed by atoms with Crippen molar-refractivity contribution in [2.45, 2.75) is 33.6 Å². The molecular weight excluding hydrogens is 142 g/mol. The van der Waals surface area contributed by atoms with E-state index in [9.17, 15) is 9.59 Å². The number of imide groups is 1. The highest BCUT2D eigenvalue weighted by Crippen LogP contribution is 1.92. The topological polar surface area (TPSA) is 46.2 Å². The SMILES string of the molecule is CCCC(=O)NC(=O)C(C)C. The van der Waals surface area contributed by atoms with Crippen LogP contribution in [0.1, 0.15) is 33.6 Å². The van der Waals surface area contributed by atoms with Gasteiger partial charge in [-0.1, -0.05) is 20.8 Å². The fraction of sp³-hybridized carbons (Fsp3) is 0.750. The van der Waals surface area contributed by atoms with Crippen LogP contribution in [0.2, 0.25) is 0 Å². The second kappa shape index (κ2) is 4.88. The first kappa shape index (κ1) is 10.1. The van der Waals surface area contributed by atoms with Crippen LogP contribution in [0.4, 0.5) is 0 Å². The normalized spacial score (nSPS) is 9.82. The second-order valence-electron chi connectivity index (χ2n) is 2.82. The molecule has 0 saturated heterocycles. The Balaban J connectivity index is 3.67. The van der Waals surface area contributed by atoms with Crippen LogP contribution in [-0.4, -0.2) is 11.8 Å². The van der Waals surface area contributed by atoms with Crippen molar-refractivity contribution in [2.75, 3.05) is 0 Å². The van der Waals surface area contributed by atoms with Crippen LogP contribution in [0.3, 0.4) is 0 Å². The summed E-state index contributed by atoms with van der Waals surface area (Å²) >= 11 is 0. The van der Waals surface area contributed by atoms with Crippen LogP contribution in [0, 0.1) is 5.92 Å². The van der Waals surface area contributed by atoms with E-state index >= 15 is 0 Å². The summed E-state index contributed by atoms with van der Waals surface area (Å²) in [5.41, 5.74) is 0. The van der Waals surface area contributed by atoms with Gasteiger partial charge < -0.3 is 0 Å². The van der Waals surface area contributed by atoms with Crippen LogP contribution < -0.4 is 5.32 Å². The Morgan fingerprint density at radius 3 is 2.27 bits per heavy atom. The number of hydrogen-bond donors (Lipinski definition) is 1. The third kappa shape index (κ3) is 4.53. The minimum absolute atomic E-state index is 0.115. The smallest absolute Gasteiger partial charge is 0.229 e. The Kier molecular flexibility index (Phi) is 4.50. The lowest BCUT2D eigenvalue weighted by atomic mass is 10.2. The monoisotopic (exact) mass is 157 g/mol. The molecule has 1 N–H and O–H groups in total. The van der Waals surface area contributed by atoms with E-state index in [2.05, 4.69) is 5.32 Å². The zero-order chi connectivity index (χ0) is 8.85. The van der Waals surface area contributed by atoms with Crippen molar-refractivity contribution in [2.24, 2.45) is 5.92 Å². The van der Waals surface area contributed by atoms with E-state index in [0.29, 0.717) is 6.42 Å². The van der Waals surface area contributed by atoms with E-state index in [0.717, 1.165) is 6.42 Å². The highest BCUT2D eigenvalue weighted by molar-refractivity contribution is 5.95. The number of hydrogen-bond acceptors (Lipinski definition) is 2. The molecule has 0 aromatic heterocycles. The molecule has 0 aromatic carbocycles. The lowest BCUT2D eigenvalue weighted by Gasteiger charge is -2.04. The zero-order valence-corrected chi connectivity index (χ0v) is 7.31. The molecule has 3 nitrogen and oxygen atoms in total. The van der Waals surface area contributed by atoms with E-state index < -0.39 is 0 Å². The van der Waals surface area contributed by atoms with Gasteiger partial charge in [-0.15, -0.1) is 0 Å². The van der Waals surface area contributed by atoms with Gasteiger partial charge in [0.15, 0.2) is 0 Å². The van der Waals surface area contributed by atoms with E-state index in [4.69, 9.17) is 0 Å². The van der Waals surface area contributed by atoms with E-state index in [1.54, 1.807) is 13.8 Å². The van der Waals surface area contributed by atoms with Gasteiger partial charge in [-0.3, -0.25) is 14.9 Å². The summed E-state index contributed by atoms with van der Waals surface area (Å²) in [5.74, 6) is -0.481. The van der Waals surface area contributed by atoms with Crippen molar-refractivity contribution in [3.05, 3.63) is 0 Å². The van der Waals surface area contributed by atoms with E-state index in [1.807, 2.05) is 6.92 Å². The molecule has 0 fully saturated rings. The average Bonchev–Trinajstić information content (AvgIpc) is 1.87. The molecular formula is C8H15NO2. The van der Waals surface area contributed by atoms with E-state index in [1.165, 1.54) is 0 Å². The highest BCUT2D eigenvalue weighted by atomic mass is 16.2. The van der Waals surface area contributed by atoms with Crippen LogP contribution >= 0.6 is 0 Å². The lowest BCUT2D eigenvalue weighted by Crippen LogP contribution is -2.33. The number of rotatable bonds is 3. The fourth-order valence-electron chi connectivity index (χ4n) is 0.571. The first-order valence-electron chi connectivity index (χ1n) is 3.91. The van der Waals surface area contributed by atoms with Gasteiger partial charge >= 0.3 is 0 Å². The van der Waals surface area contributed by atoms with E-state index in [-0.39, 0.29) is 17.7 Å². The molecule has 0 radical (unpaired) electrons. The summed E-state index contributed by atoms with van der Waals surface area (Å²) in [7, 11) is 0. The second-order valence-corrected chi connectivity index (χ2v) is 2.82. The quantitative estimate of drug-likeness (QED) is 0.666. The van der Waals surface area contributed by atoms with Crippen molar-refractivity contribution in [3.63, 3.8) is 0 Å². The minimum Gasteiger partial charge on any atom is -0.296 e. The standard InChI is InChI=1S/C8H15NO2/c1-4-5-7(10)9-8(11)6(2)3/h6H,4-5H2,1-3H3,(H,9,10,11). The van der Waals surface area contributed by atoms with Gasteiger partial charge in [0.05, 0.1) is 0 Å². The maximum absolute atomic E-state index is 10.9. The van der Waals surface area contributed by atoms with Crippen molar-refractivity contribution in [1.82, 2.24) is 5.32 Å². The molecule has 0 aliphatic heterocycles. The molecule has 11 heavy (non-hydrogen) atoms. The maximum Gasteiger partial charge on any atom is 0.229 e. The summed E-state index contributed by atoms with van der Waals surface area (Å²) in [6.45, 7) is 5.42. The molecule has 0 spiro atoms. The molecule has 64 valence electrons. The van der Waals surface area contributed by atoms with Crippen molar-refractivity contribution < 1.29 is 9.59 Å². The molecule has 0 atom stereocenters. The van der Waals surface area contributed by atoms with Gasteiger partial charge in [0.25, 0.3) is 0 Å². The van der Waals surface area contributed by atoms with Gasteiger partial charge in [-0.25, -0.2) is 0 Å². The molecule has 2 amide bonds. The third-order valence-electron chi connectivity index (χ3n) is 1.26. The Morgan fingerprint density at radius 1 is 1.36 bits per heavy atom. The molecule has 0 rings (SSSR count). The highest BCUT2D eigenvalue weighted by Gasteiger charge is 2.09. The largest absolute Gasteiger partial charge is 0.296 e. The Labute approximate surface area is 67.2 Å². The first-order valence-corrected chi connectivity index (χ1v) is 3.91. The summed E-state index contributed by atoms with van der Waals surface area (Å²) in [4.78, 5) is 21.7. The van der Waals surface area contributed by atoms with Gasteiger partial charge in [-0.05, 0) is 6.42 Å². The number of amides is 2. The molecule has 0 heterocycles. The molecule has 0 bridgehead atoms. The van der Waals surface area contributed by atoms with Crippen LogP contribution in [0.5, 0.6) is 0 Å². The summed E-state index contributed by atoms with van der Waals surface area (Å²) in [6, 6.07) is 0. The van der Waals surface area contributed by atoms with Crippen LogP contribution in [0.25, 0.3) is 0 Å². The van der Waals surface area contributed by atoms with Gasteiger partial charge in [0, 0.05) is 12.3 Å². The van der Waals surface area contributed by atoms with Gasteiger partial charge in [0.2, 0.25) is 11.8 Å². The lowest BCUT2D eigenvalue weighted by molar-refractivity contribution is -0.132. The summed E-state index contributed by atoms with van der Waals surface area (Å²) in [6.07, 6.45) is 1.20. The molecule has 0 saturated carbocycles. The average molecular weight is 157 g/mol. The summed E-state index contributed by atoms with van der Waals surface area (Å²) in [5, 5.41) is 2.30. The van der Waals surface area contributed by atoms with Crippen molar-refractivity contribution in [3.8, 4) is 0 Å². The van der Waals surface area contributed by atoms with Gasteiger partial charge in [0.1, 0.15) is 0 Å². The Hall–Kier alpha value is -0.860. The summed E-state index contributed by atoms with van der Waals surface area (Å²) < 4.78 is 0. The minimum atomic E-state index is -0.191. The third-order valence-corrected chi connectivity index (χ3v) is 1.26. The Morgan fingerprint density at radius 2 is 1.91 bits per heavy atom. The predicted molar refractivity (Wildman–Crippen MR) is 42.9 cm³/mol. The number of carbonyl (C=O) groups excluding carboxylic acids is 2. The molecule has 0 unspecified atom stereocenters. The zero-order valence-electron chi connectivity index (χ0n) is 7.31. The molecule has 0 aliphatic rings. The maximum atomic E-state index is 10.9.